The normalized spacial score (nSPS) is 11.8. The molecule has 0 atom stereocenters. The maximum atomic E-state index is 12.6. The first kappa shape index (κ1) is 17.9. The molecular weight excluding hydrogens is 367 g/mol. The fourth-order valence-corrected chi connectivity index (χ4v) is 2.72. The molecule has 8 heteroatoms. The van der Waals surface area contributed by atoms with Gasteiger partial charge < -0.3 is 9.15 Å². The zero-order valence-corrected chi connectivity index (χ0v) is 14.0. The Morgan fingerprint density at radius 3 is 2.85 bits per heavy atom. The molecular formula is C18H12F3NO3S. The van der Waals surface area contributed by atoms with Crippen LogP contribution in [0.4, 0.5) is 13.2 Å². The third-order valence-corrected chi connectivity index (χ3v) is 4.13. The van der Waals surface area contributed by atoms with Crippen molar-refractivity contribution in [2.24, 2.45) is 0 Å². The molecule has 0 fully saturated rings. The Bertz CT molecular complexity index is 914. The maximum absolute atomic E-state index is 12.6. The highest BCUT2D eigenvalue weighted by Crippen LogP contribution is 2.29. The van der Waals surface area contributed by atoms with Crippen LogP contribution in [0.3, 0.4) is 0 Å². The van der Waals surface area contributed by atoms with Crippen molar-refractivity contribution in [3.8, 4) is 10.8 Å². The van der Waals surface area contributed by atoms with Crippen LogP contribution in [-0.4, -0.2) is 11.0 Å². The van der Waals surface area contributed by atoms with E-state index in [0.717, 1.165) is 23.1 Å². The number of benzene rings is 1. The lowest BCUT2D eigenvalue weighted by molar-refractivity contribution is -0.139. The summed E-state index contributed by atoms with van der Waals surface area (Å²) in [6, 6.07) is 8.37. The predicted molar refractivity (Wildman–Crippen MR) is 90.1 cm³/mol. The molecule has 0 aliphatic carbocycles. The van der Waals surface area contributed by atoms with Gasteiger partial charge >= 0.3 is 12.1 Å². The largest absolute Gasteiger partial charge is 0.456 e. The third-order valence-electron chi connectivity index (χ3n) is 3.27. The third kappa shape index (κ3) is 4.60. The molecule has 2 aromatic heterocycles. The van der Waals surface area contributed by atoms with Crippen LogP contribution in [-0.2, 0) is 22.3 Å². The average Bonchev–Trinajstić information content (AvgIpc) is 3.29. The monoisotopic (exact) mass is 379 g/mol. The van der Waals surface area contributed by atoms with Crippen molar-refractivity contribution < 1.29 is 27.1 Å². The zero-order chi connectivity index (χ0) is 18.6. The molecule has 0 N–H and O–H groups in total. The van der Waals surface area contributed by atoms with Crippen molar-refractivity contribution in [2.75, 3.05) is 0 Å². The van der Waals surface area contributed by atoms with Gasteiger partial charge in [-0.1, -0.05) is 18.2 Å². The molecule has 0 bridgehead atoms. The van der Waals surface area contributed by atoms with Crippen LogP contribution < -0.4 is 0 Å². The zero-order valence-electron chi connectivity index (χ0n) is 13.2. The number of hydrogen-bond acceptors (Lipinski definition) is 5. The minimum absolute atomic E-state index is 0.0966. The van der Waals surface area contributed by atoms with E-state index in [9.17, 15) is 18.0 Å². The van der Waals surface area contributed by atoms with Crippen LogP contribution in [0, 0.1) is 0 Å². The molecule has 0 aliphatic rings. The lowest BCUT2D eigenvalue weighted by Crippen LogP contribution is -2.04. The number of oxazole rings is 1. The SMILES string of the molecule is O=C(/C=C/c1cccc(C(F)(F)F)c1)OCc1coc(-c2cccs2)n1. The number of thiophene rings is 1. The van der Waals surface area contributed by atoms with Crippen molar-refractivity contribution in [3.63, 3.8) is 0 Å². The smallest absolute Gasteiger partial charge is 0.416 e. The molecule has 0 unspecified atom stereocenters. The quantitative estimate of drug-likeness (QED) is 0.453. The number of esters is 1. The van der Waals surface area contributed by atoms with E-state index in [1.165, 1.54) is 35.8 Å². The van der Waals surface area contributed by atoms with Crippen LogP contribution in [0.5, 0.6) is 0 Å². The summed E-state index contributed by atoms with van der Waals surface area (Å²) in [5, 5.41) is 1.89. The fourth-order valence-electron chi connectivity index (χ4n) is 2.06. The van der Waals surface area contributed by atoms with Gasteiger partial charge in [0.2, 0.25) is 5.89 Å². The summed E-state index contributed by atoms with van der Waals surface area (Å²) < 4.78 is 48.3. The second kappa shape index (κ2) is 7.57. The molecule has 0 spiro atoms. The number of nitrogens with zero attached hydrogens (tertiary/aromatic N) is 1. The lowest BCUT2D eigenvalue weighted by atomic mass is 10.1. The second-order valence-electron chi connectivity index (χ2n) is 5.19. The minimum atomic E-state index is -4.43. The number of carbonyl (C=O) groups is 1. The number of rotatable bonds is 5. The topological polar surface area (TPSA) is 52.3 Å². The molecule has 0 aliphatic heterocycles. The molecule has 0 amide bonds. The van der Waals surface area contributed by atoms with Crippen molar-refractivity contribution in [1.82, 2.24) is 4.98 Å². The van der Waals surface area contributed by atoms with Gasteiger partial charge in [-0.05, 0) is 35.2 Å². The van der Waals surface area contributed by atoms with Gasteiger partial charge in [-0.2, -0.15) is 13.2 Å². The van der Waals surface area contributed by atoms with E-state index in [1.807, 2.05) is 17.5 Å². The minimum Gasteiger partial charge on any atom is -0.456 e. The molecule has 1 aromatic carbocycles. The molecule has 3 rings (SSSR count). The first-order chi connectivity index (χ1) is 12.4. The average molecular weight is 379 g/mol. The summed E-state index contributed by atoms with van der Waals surface area (Å²) in [6.45, 7) is -0.0966. The summed E-state index contributed by atoms with van der Waals surface area (Å²) in [6.07, 6.45) is -0.719. The summed E-state index contributed by atoms with van der Waals surface area (Å²) in [5.41, 5.74) is -0.0934. The summed E-state index contributed by atoms with van der Waals surface area (Å²) in [7, 11) is 0. The van der Waals surface area contributed by atoms with E-state index < -0.39 is 17.7 Å². The lowest BCUT2D eigenvalue weighted by Gasteiger charge is -2.06. The highest BCUT2D eigenvalue weighted by Gasteiger charge is 2.30. The van der Waals surface area contributed by atoms with Gasteiger partial charge in [0.25, 0.3) is 0 Å². The Hall–Kier alpha value is -2.87. The van der Waals surface area contributed by atoms with Crippen LogP contribution in [0.2, 0.25) is 0 Å². The fraction of sp³-hybridized carbons (Fsp3) is 0.111. The molecule has 134 valence electrons. The van der Waals surface area contributed by atoms with Crippen molar-refractivity contribution in [2.45, 2.75) is 12.8 Å². The van der Waals surface area contributed by atoms with Gasteiger partial charge in [-0.3, -0.25) is 0 Å². The first-order valence-corrected chi connectivity index (χ1v) is 8.30. The molecule has 26 heavy (non-hydrogen) atoms. The molecule has 4 nitrogen and oxygen atoms in total. The van der Waals surface area contributed by atoms with Gasteiger partial charge in [0.05, 0.1) is 10.4 Å². The Kier molecular flexibility index (Phi) is 5.22. The molecule has 3 aromatic rings. The number of carbonyl (C=O) groups excluding carboxylic acids is 1. The molecule has 2 heterocycles. The van der Waals surface area contributed by atoms with Gasteiger partial charge in [0.15, 0.2) is 0 Å². The highest BCUT2D eigenvalue weighted by atomic mass is 32.1. The second-order valence-corrected chi connectivity index (χ2v) is 6.13. The number of aromatic nitrogens is 1. The number of halogens is 3. The van der Waals surface area contributed by atoms with E-state index in [2.05, 4.69) is 4.98 Å². The van der Waals surface area contributed by atoms with Gasteiger partial charge in [0, 0.05) is 6.08 Å². The van der Waals surface area contributed by atoms with Gasteiger partial charge in [-0.25, -0.2) is 9.78 Å². The van der Waals surface area contributed by atoms with E-state index in [4.69, 9.17) is 9.15 Å². The van der Waals surface area contributed by atoms with Gasteiger partial charge in [-0.15, -0.1) is 11.3 Å². The number of alkyl halides is 3. The summed E-state index contributed by atoms with van der Waals surface area (Å²) in [5.74, 6) is -0.256. The Morgan fingerprint density at radius 1 is 1.27 bits per heavy atom. The molecule has 0 radical (unpaired) electrons. The van der Waals surface area contributed by atoms with E-state index in [1.54, 1.807) is 0 Å². The van der Waals surface area contributed by atoms with Crippen molar-refractivity contribution in [3.05, 3.63) is 70.9 Å². The van der Waals surface area contributed by atoms with Crippen molar-refractivity contribution in [1.29, 1.82) is 0 Å². The predicted octanol–water partition coefficient (Wildman–Crippen LogP) is 5.18. The Balaban J connectivity index is 1.57. The highest BCUT2D eigenvalue weighted by molar-refractivity contribution is 7.13. The standard InChI is InChI=1S/C18H12F3NO3S/c19-18(20,21)13-4-1-3-12(9-13)6-7-16(23)24-10-14-11-25-17(22-14)15-5-2-8-26-15/h1-9,11H,10H2/b7-6+. The Morgan fingerprint density at radius 2 is 2.12 bits per heavy atom. The van der Waals surface area contributed by atoms with Crippen LogP contribution in [0.1, 0.15) is 16.8 Å². The number of hydrogen-bond donors (Lipinski definition) is 0. The van der Waals surface area contributed by atoms with E-state index >= 15 is 0 Å². The van der Waals surface area contributed by atoms with Crippen LogP contribution in [0.15, 0.2) is 58.5 Å². The molecule has 0 saturated heterocycles. The van der Waals surface area contributed by atoms with Crippen LogP contribution >= 0.6 is 11.3 Å². The Labute approximate surface area is 150 Å². The summed E-state index contributed by atoms with van der Waals surface area (Å²) >= 11 is 1.47. The number of ether oxygens (including phenoxy) is 1. The van der Waals surface area contributed by atoms with Crippen LogP contribution in [0.25, 0.3) is 16.8 Å². The van der Waals surface area contributed by atoms with Gasteiger partial charge in [0.1, 0.15) is 18.6 Å². The van der Waals surface area contributed by atoms with E-state index in [0.29, 0.717) is 11.6 Å². The first-order valence-electron chi connectivity index (χ1n) is 7.42. The van der Waals surface area contributed by atoms with Crippen molar-refractivity contribution >= 4 is 23.4 Å². The summed E-state index contributed by atoms with van der Waals surface area (Å²) in [4.78, 5) is 16.8. The van der Waals surface area contributed by atoms with E-state index in [-0.39, 0.29) is 12.2 Å². The maximum Gasteiger partial charge on any atom is 0.416 e. The molecule has 0 saturated carbocycles.